The molecule has 1 saturated heterocycles. The maximum absolute atomic E-state index is 13.8. The van der Waals surface area contributed by atoms with E-state index in [4.69, 9.17) is 4.74 Å². The summed E-state index contributed by atoms with van der Waals surface area (Å²) < 4.78 is 6.37. The average molecular weight is 584 g/mol. The van der Waals surface area contributed by atoms with Crippen molar-refractivity contribution in [1.29, 1.82) is 0 Å². The molecule has 43 heavy (non-hydrogen) atoms. The number of rotatable bonds is 14. The summed E-state index contributed by atoms with van der Waals surface area (Å²) in [7, 11) is 1.81. The SMILES string of the molecule is CCCCCCCNC(=O)N(C)c1cccc(-c2ccccc2CC(OCc2ccccc2)C(=O)N2CCC(C)CC2)c1. The third-order valence-electron chi connectivity index (χ3n) is 8.49. The van der Waals surface area contributed by atoms with E-state index < -0.39 is 6.10 Å². The van der Waals surface area contributed by atoms with Gasteiger partial charge in [0, 0.05) is 38.8 Å². The maximum Gasteiger partial charge on any atom is 0.321 e. The Kier molecular flexibility index (Phi) is 12.7. The smallest absolute Gasteiger partial charge is 0.321 e. The zero-order valence-corrected chi connectivity index (χ0v) is 26.3. The minimum atomic E-state index is -0.580. The van der Waals surface area contributed by atoms with Crippen LogP contribution in [0.1, 0.15) is 69.9 Å². The van der Waals surface area contributed by atoms with E-state index in [1.54, 1.807) is 4.90 Å². The lowest BCUT2D eigenvalue weighted by molar-refractivity contribution is -0.146. The third-order valence-corrected chi connectivity index (χ3v) is 8.49. The number of nitrogens with zero attached hydrogens (tertiary/aromatic N) is 2. The molecule has 1 N–H and O–H groups in total. The number of urea groups is 1. The van der Waals surface area contributed by atoms with Crippen LogP contribution in [0, 0.1) is 5.92 Å². The zero-order chi connectivity index (χ0) is 30.4. The Balaban J connectivity index is 1.49. The molecule has 0 saturated carbocycles. The quantitative estimate of drug-likeness (QED) is 0.197. The molecule has 6 nitrogen and oxygen atoms in total. The highest BCUT2D eigenvalue weighted by Crippen LogP contribution is 2.29. The Hall–Kier alpha value is -3.64. The van der Waals surface area contributed by atoms with Gasteiger partial charge in [-0.25, -0.2) is 4.79 Å². The summed E-state index contributed by atoms with van der Waals surface area (Å²) in [6.07, 6.45) is 7.76. The van der Waals surface area contributed by atoms with E-state index in [9.17, 15) is 9.59 Å². The van der Waals surface area contributed by atoms with E-state index in [2.05, 4.69) is 37.4 Å². The van der Waals surface area contributed by atoms with Gasteiger partial charge in [-0.15, -0.1) is 0 Å². The van der Waals surface area contributed by atoms with Crippen molar-refractivity contribution >= 4 is 17.6 Å². The molecule has 1 fully saturated rings. The van der Waals surface area contributed by atoms with Crippen molar-refractivity contribution in [2.75, 3.05) is 31.6 Å². The molecule has 3 aromatic rings. The first kappa shape index (κ1) is 32.3. The highest BCUT2D eigenvalue weighted by Gasteiger charge is 2.29. The predicted molar refractivity (Wildman–Crippen MR) is 176 cm³/mol. The first-order valence-electron chi connectivity index (χ1n) is 16.1. The normalized spacial score (nSPS) is 14.3. The lowest BCUT2D eigenvalue weighted by atomic mass is 9.94. The fraction of sp³-hybridized carbons (Fsp3) is 0.459. The number of anilines is 1. The van der Waals surface area contributed by atoms with E-state index >= 15 is 0 Å². The molecular formula is C37H49N3O3. The standard InChI is InChI=1S/C37H49N3O3/c1-4-5-6-7-13-23-38-37(42)39(3)33-19-14-18-31(26-33)34-20-12-11-17-32(34)27-35(43-28-30-15-9-8-10-16-30)36(41)40-24-21-29(2)22-25-40/h8-12,14-20,26,29,35H,4-7,13,21-25,27-28H2,1-3H3,(H,38,42). The van der Waals surface area contributed by atoms with Gasteiger partial charge in [0.25, 0.3) is 5.91 Å². The molecule has 0 radical (unpaired) electrons. The van der Waals surface area contributed by atoms with Crippen molar-refractivity contribution in [3.8, 4) is 11.1 Å². The number of hydrogen-bond acceptors (Lipinski definition) is 3. The molecule has 0 spiro atoms. The van der Waals surface area contributed by atoms with Crippen LogP contribution in [-0.2, 0) is 22.6 Å². The Morgan fingerprint density at radius 1 is 0.930 bits per heavy atom. The molecule has 6 heteroatoms. The van der Waals surface area contributed by atoms with Crippen molar-refractivity contribution in [3.63, 3.8) is 0 Å². The topological polar surface area (TPSA) is 61.9 Å². The van der Waals surface area contributed by atoms with Gasteiger partial charge in [0.2, 0.25) is 0 Å². The van der Waals surface area contributed by atoms with Crippen LogP contribution in [0.15, 0.2) is 78.9 Å². The number of nitrogens with one attached hydrogen (secondary N) is 1. The molecule has 1 aliphatic heterocycles. The second-order valence-corrected chi connectivity index (χ2v) is 11.9. The number of carbonyl (C=O) groups is 2. The van der Waals surface area contributed by atoms with Crippen molar-refractivity contribution < 1.29 is 14.3 Å². The lowest BCUT2D eigenvalue weighted by Gasteiger charge is -2.33. The summed E-state index contributed by atoms with van der Waals surface area (Å²) in [5.74, 6) is 0.712. The largest absolute Gasteiger partial charge is 0.363 e. The van der Waals surface area contributed by atoms with Crippen LogP contribution < -0.4 is 10.2 Å². The van der Waals surface area contributed by atoms with Crippen LogP contribution in [0.4, 0.5) is 10.5 Å². The van der Waals surface area contributed by atoms with Gasteiger partial charge in [-0.3, -0.25) is 9.69 Å². The number of likely N-dealkylation sites (tertiary alicyclic amines) is 1. The van der Waals surface area contributed by atoms with Gasteiger partial charge in [-0.2, -0.15) is 0 Å². The van der Waals surface area contributed by atoms with Gasteiger partial charge < -0.3 is 15.0 Å². The van der Waals surface area contributed by atoms with Crippen LogP contribution in [0.25, 0.3) is 11.1 Å². The van der Waals surface area contributed by atoms with E-state index in [0.29, 0.717) is 25.5 Å². The highest BCUT2D eigenvalue weighted by molar-refractivity contribution is 5.92. The van der Waals surface area contributed by atoms with Gasteiger partial charge in [-0.1, -0.05) is 106 Å². The summed E-state index contributed by atoms with van der Waals surface area (Å²) in [6, 6.07) is 26.2. The molecule has 0 aromatic heterocycles. The Morgan fingerprint density at radius 3 is 2.42 bits per heavy atom. The molecule has 3 amide bonds. The molecule has 1 unspecified atom stereocenters. The summed E-state index contributed by atoms with van der Waals surface area (Å²) >= 11 is 0. The summed E-state index contributed by atoms with van der Waals surface area (Å²) in [6.45, 7) is 7.09. The molecule has 0 aliphatic carbocycles. The van der Waals surface area contributed by atoms with Gasteiger partial charge in [0.1, 0.15) is 6.10 Å². The first-order chi connectivity index (χ1) is 21.0. The summed E-state index contributed by atoms with van der Waals surface area (Å²) in [5.41, 5.74) is 4.98. The third kappa shape index (κ3) is 9.69. The van der Waals surface area contributed by atoms with E-state index in [0.717, 1.165) is 66.7 Å². The number of unbranched alkanes of at least 4 members (excludes halogenated alkanes) is 4. The van der Waals surface area contributed by atoms with Crippen LogP contribution in [-0.4, -0.2) is 49.6 Å². The second kappa shape index (κ2) is 16.9. The summed E-state index contributed by atoms with van der Waals surface area (Å²) in [4.78, 5) is 30.3. The van der Waals surface area contributed by atoms with Gasteiger partial charge in [0.05, 0.1) is 6.61 Å². The summed E-state index contributed by atoms with van der Waals surface area (Å²) in [5, 5.41) is 3.06. The Morgan fingerprint density at radius 2 is 1.65 bits per heavy atom. The Labute approximate surface area is 258 Å². The predicted octanol–water partition coefficient (Wildman–Crippen LogP) is 7.86. The fourth-order valence-corrected chi connectivity index (χ4v) is 5.64. The average Bonchev–Trinajstić information content (AvgIpc) is 3.05. The molecule has 1 heterocycles. The van der Waals surface area contributed by atoms with E-state index in [-0.39, 0.29) is 11.9 Å². The van der Waals surface area contributed by atoms with Crippen LogP contribution in [0.3, 0.4) is 0 Å². The molecule has 4 rings (SSSR count). The van der Waals surface area contributed by atoms with Gasteiger partial charge in [0.15, 0.2) is 0 Å². The number of hydrogen-bond donors (Lipinski definition) is 1. The van der Waals surface area contributed by atoms with Crippen molar-refractivity contribution in [2.45, 2.75) is 77.9 Å². The minimum absolute atomic E-state index is 0.0671. The number of ether oxygens (including phenoxy) is 1. The Bertz CT molecular complexity index is 1290. The first-order valence-corrected chi connectivity index (χ1v) is 16.1. The molecular weight excluding hydrogens is 534 g/mol. The number of piperidine rings is 1. The second-order valence-electron chi connectivity index (χ2n) is 11.9. The van der Waals surface area contributed by atoms with Crippen LogP contribution in [0.2, 0.25) is 0 Å². The van der Waals surface area contributed by atoms with Crippen molar-refractivity contribution in [3.05, 3.63) is 90.0 Å². The van der Waals surface area contributed by atoms with Crippen molar-refractivity contribution in [1.82, 2.24) is 10.2 Å². The van der Waals surface area contributed by atoms with E-state index in [1.165, 1.54) is 19.3 Å². The number of carbonyl (C=O) groups excluding carboxylic acids is 2. The van der Waals surface area contributed by atoms with Crippen LogP contribution >= 0.6 is 0 Å². The number of amides is 3. The fourth-order valence-electron chi connectivity index (χ4n) is 5.64. The van der Waals surface area contributed by atoms with Crippen molar-refractivity contribution in [2.24, 2.45) is 5.92 Å². The van der Waals surface area contributed by atoms with Gasteiger partial charge in [-0.05, 0) is 59.6 Å². The van der Waals surface area contributed by atoms with Gasteiger partial charge >= 0.3 is 6.03 Å². The monoisotopic (exact) mass is 583 g/mol. The molecule has 3 aromatic carbocycles. The molecule has 230 valence electrons. The van der Waals surface area contributed by atoms with Crippen LogP contribution in [0.5, 0.6) is 0 Å². The maximum atomic E-state index is 13.8. The molecule has 1 atom stereocenters. The number of benzene rings is 3. The lowest BCUT2D eigenvalue weighted by Crippen LogP contribution is -2.45. The van der Waals surface area contributed by atoms with E-state index in [1.807, 2.05) is 72.6 Å². The zero-order valence-electron chi connectivity index (χ0n) is 26.3. The highest BCUT2D eigenvalue weighted by atomic mass is 16.5. The molecule has 1 aliphatic rings. The molecule has 0 bridgehead atoms. The minimum Gasteiger partial charge on any atom is -0.363 e.